The molecule has 0 bridgehead atoms. The highest BCUT2D eigenvalue weighted by Crippen LogP contribution is 2.24. The Labute approximate surface area is 110 Å². The van der Waals surface area contributed by atoms with E-state index >= 15 is 0 Å². The van der Waals surface area contributed by atoms with Gasteiger partial charge in [-0.2, -0.15) is 5.10 Å². The highest BCUT2D eigenvalue weighted by atomic mass is 35.5. The van der Waals surface area contributed by atoms with E-state index in [1.165, 1.54) is 6.07 Å². The number of aromatic amines is 1. The van der Waals surface area contributed by atoms with Crippen LogP contribution in [0.4, 0.5) is 0 Å². The second kappa shape index (κ2) is 6.07. The Balaban J connectivity index is 0.00000162. The van der Waals surface area contributed by atoms with Crippen LogP contribution in [0.3, 0.4) is 0 Å². The van der Waals surface area contributed by atoms with Crippen molar-refractivity contribution in [2.45, 2.75) is 6.42 Å². The van der Waals surface area contributed by atoms with Crippen molar-refractivity contribution in [2.24, 2.45) is 0 Å². The van der Waals surface area contributed by atoms with Crippen molar-refractivity contribution < 1.29 is 9.84 Å². The van der Waals surface area contributed by atoms with Gasteiger partial charge in [-0.25, -0.2) is 5.10 Å². The molecule has 2 rings (SSSR count). The Morgan fingerprint density at radius 1 is 1.33 bits per heavy atom. The second-order valence-corrected chi connectivity index (χ2v) is 3.59. The molecule has 0 amide bonds. The summed E-state index contributed by atoms with van der Waals surface area (Å²) in [5, 5.41) is 15.7. The fraction of sp³-hybridized carbons (Fsp3) is 0.167. The van der Waals surface area contributed by atoms with E-state index in [9.17, 15) is 9.90 Å². The number of H-pyrrole nitrogens is 1. The Hall–Kier alpha value is -2.01. The third-order valence-electron chi connectivity index (χ3n) is 2.37. The van der Waals surface area contributed by atoms with Gasteiger partial charge in [-0.05, 0) is 24.3 Å². The summed E-state index contributed by atoms with van der Waals surface area (Å²) in [6.07, 6.45) is 0.481. The summed E-state index contributed by atoms with van der Waals surface area (Å²) in [5.41, 5.74) is 1.28. The van der Waals surface area contributed by atoms with Gasteiger partial charge in [-0.1, -0.05) is 0 Å². The van der Waals surface area contributed by atoms with Gasteiger partial charge in [-0.15, -0.1) is 12.4 Å². The molecule has 2 N–H and O–H groups in total. The Bertz CT molecular complexity index is 563. The quantitative estimate of drug-likeness (QED) is 0.885. The van der Waals surface area contributed by atoms with Gasteiger partial charge < -0.3 is 9.84 Å². The molecule has 0 unspecified atom stereocenters. The molecule has 1 heterocycles. The Morgan fingerprint density at radius 2 is 2.11 bits per heavy atom. The van der Waals surface area contributed by atoms with Crippen LogP contribution in [0.5, 0.6) is 11.5 Å². The van der Waals surface area contributed by atoms with E-state index in [0.717, 1.165) is 5.56 Å². The molecule has 0 aliphatic heterocycles. The third-order valence-corrected chi connectivity index (χ3v) is 2.37. The van der Waals surface area contributed by atoms with Crippen molar-refractivity contribution >= 4 is 12.4 Å². The number of halogens is 1. The molecule has 5 nitrogen and oxygen atoms in total. The maximum absolute atomic E-state index is 10.9. The zero-order chi connectivity index (χ0) is 12.3. The largest absolute Gasteiger partial charge is 0.508 e. The van der Waals surface area contributed by atoms with Crippen LogP contribution >= 0.6 is 12.4 Å². The fourth-order valence-corrected chi connectivity index (χ4v) is 1.57. The first-order chi connectivity index (χ1) is 8.19. The predicted octanol–water partition coefficient (Wildman–Crippen LogP) is 1.50. The molecule has 0 spiro atoms. The van der Waals surface area contributed by atoms with Crippen LogP contribution in [0.2, 0.25) is 0 Å². The van der Waals surface area contributed by atoms with Crippen molar-refractivity contribution in [1.82, 2.24) is 10.2 Å². The first kappa shape index (κ1) is 14.1. The van der Waals surface area contributed by atoms with Crippen LogP contribution in [0.15, 0.2) is 35.1 Å². The number of phenolic OH excluding ortho intramolecular Hbond substituents is 1. The zero-order valence-electron chi connectivity index (χ0n) is 9.71. The molecule has 96 valence electrons. The van der Waals surface area contributed by atoms with Crippen LogP contribution in [-0.2, 0) is 6.42 Å². The molecule has 0 atom stereocenters. The van der Waals surface area contributed by atoms with Gasteiger partial charge in [0.25, 0.3) is 5.56 Å². The Kier molecular flexibility index (Phi) is 4.74. The number of phenols is 1. The minimum absolute atomic E-state index is 0. The van der Waals surface area contributed by atoms with Crippen molar-refractivity contribution in [3.05, 3.63) is 51.9 Å². The van der Waals surface area contributed by atoms with Crippen LogP contribution < -0.4 is 10.3 Å². The lowest BCUT2D eigenvalue weighted by Crippen LogP contribution is -2.08. The molecule has 6 heteroatoms. The summed E-state index contributed by atoms with van der Waals surface area (Å²) in [7, 11) is 1.57. The zero-order valence-corrected chi connectivity index (χ0v) is 10.5. The summed E-state index contributed by atoms with van der Waals surface area (Å²) in [4.78, 5) is 10.9. The monoisotopic (exact) mass is 268 g/mol. The average molecular weight is 269 g/mol. The maximum atomic E-state index is 10.9. The average Bonchev–Trinajstić information content (AvgIpc) is 2.32. The molecule has 0 radical (unpaired) electrons. The fourth-order valence-electron chi connectivity index (χ4n) is 1.57. The van der Waals surface area contributed by atoms with Gasteiger partial charge >= 0.3 is 0 Å². The van der Waals surface area contributed by atoms with Crippen LogP contribution in [-0.4, -0.2) is 22.4 Å². The normalized spacial score (nSPS) is 9.61. The van der Waals surface area contributed by atoms with E-state index in [2.05, 4.69) is 10.2 Å². The molecular weight excluding hydrogens is 256 g/mol. The van der Waals surface area contributed by atoms with E-state index in [0.29, 0.717) is 17.9 Å². The van der Waals surface area contributed by atoms with Crippen LogP contribution in [0.1, 0.15) is 11.3 Å². The lowest BCUT2D eigenvalue weighted by Gasteiger charge is -2.08. The number of ether oxygens (including phenoxy) is 1. The van der Waals surface area contributed by atoms with Crippen molar-refractivity contribution in [3.63, 3.8) is 0 Å². The second-order valence-electron chi connectivity index (χ2n) is 3.59. The van der Waals surface area contributed by atoms with Crippen molar-refractivity contribution in [1.29, 1.82) is 0 Å². The van der Waals surface area contributed by atoms with E-state index in [1.807, 2.05) is 0 Å². The molecule has 0 aliphatic carbocycles. The molecule has 0 aliphatic rings. The molecule has 0 saturated heterocycles. The van der Waals surface area contributed by atoms with Crippen LogP contribution in [0, 0.1) is 0 Å². The number of methoxy groups -OCH3 is 1. The SMILES string of the molecule is COc1ccc(O)cc1Cc1ccc(=O)[nH]n1.Cl. The molecule has 1 aromatic carbocycles. The van der Waals surface area contributed by atoms with Gasteiger partial charge in [0.1, 0.15) is 11.5 Å². The van der Waals surface area contributed by atoms with E-state index in [4.69, 9.17) is 4.74 Å². The minimum atomic E-state index is -0.239. The standard InChI is InChI=1S/C12H12N2O3.ClH/c1-17-11-4-3-10(15)7-8(11)6-9-2-5-12(16)14-13-9;/h2-5,7,15H,6H2,1H3,(H,14,16);1H. The number of aromatic nitrogens is 2. The molecule has 0 saturated carbocycles. The number of nitrogens with zero attached hydrogens (tertiary/aromatic N) is 1. The molecule has 0 fully saturated rings. The van der Waals surface area contributed by atoms with Gasteiger partial charge in [0.05, 0.1) is 12.8 Å². The Morgan fingerprint density at radius 3 is 2.72 bits per heavy atom. The smallest absolute Gasteiger partial charge is 0.264 e. The van der Waals surface area contributed by atoms with Crippen molar-refractivity contribution in [2.75, 3.05) is 7.11 Å². The number of benzene rings is 1. The summed E-state index contributed by atoms with van der Waals surface area (Å²) >= 11 is 0. The molecule has 18 heavy (non-hydrogen) atoms. The highest BCUT2D eigenvalue weighted by Gasteiger charge is 2.06. The lowest BCUT2D eigenvalue weighted by atomic mass is 10.1. The maximum Gasteiger partial charge on any atom is 0.264 e. The van der Waals surface area contributed by atoms with Gasteiger partial charge in [0.15, 0.2) is 0 Å². The minimum Gasteiger partial charge on any atom is -0.508 e. The van der Waals surface area contributed by atoms with Gasteiger partial charge in [-0.3, -0.25) is 4.79 Å². The number of hydrogen-bond acceptors (Lipinski definition) is 4. The van der Waals surface area contributed by atoms with E-state index < -0.39 is 0 Å². The highest BCUT2D eigenvalue weighted by molar-refractivity contribution is 5.85. The van der Waals surface area contributed by atoms with E-state index in [1.54, 1.807) is 31.4 Å². The van der Waals surface area contributed by atoms with Gasteiger partial charge in [0.2, 0.25) is 0 Å². The summed E-state index contributed by atoms with van der Waals surface area (Å²) < 4.78 is 5.19. The summed E-state index contributed by atoms with van der Waals surface area (Å²) in [6.45, 7) is 0. The predicted molar refractivity (Wildman–Crippen MR) is 69.6 cm³/mol. The number of aromatic hydroxyl groups is 1. The third kappa shape index (κ3) is 3.24. The number of nitrogens with one attached hydrogen (secondary N) is 1. The number of hydrogen-bond donors (Lipinski definition) is 2. The topological polar surface area (TPSA) is 75.2 Å². The lowest BCUT2D eigenvalue weighted by molar-refractivity contribution is 0.407. The number of rotatable bonds is 3. The van der Waals surface area contributed by atoms with Crippen molar-refractivity contribution in [3.8, 4) is 11.5 Å². The molecular formula is C12H13ClN2O3. The summed E-state index contributed by atoms with van der Waals surface area (Å²) in [6, 6.07) is 7.92. The van der Waals surface area contributed by atoms with Crippen LogP contribution in [0.25, 0.3) is 0 Å². The molecule has 1 aromatic heterocycles. The first-order valence-electron chi connectivity index (χ1n) is 5.09. The van der Waals surface area contributed by atoms with E-state index in [-0.39, 0.29) is 23.7 Å². The molecule has 2 aromatic rings. The summed E-state index contributed by atoms with van der Waals surface area (Å²) in [5.74, 6) is 0.848. The first-order valence-corrected chi connectivity index (χ1v) is 5.09. The van der Waals surface area contributed by atoms with Gasteiger partial charge in [0, 0.05) is 18.1 Å².